The van der Waals surface area contributed by atoms with Gasteiger partial charge in [0.05, 0.1) is 19.2 Å². The average Bonchev–Trinajstić information content (AvgIpc) is 3.20. The maximum absolute atomic E-state index is 11.7. The summed E-state index contributed by atoms with van der Waals surface area (Å²) in [5.74, 6) is 0.901. The lowest BCUT2D eigenvalue weighted by Crippen LogP contribution is -2.23. The van der Waals surface area contributed by atoms with Crippen molar-refractivity contribution in [1.29, 1.82) is 0 Å². The van der Waals surface area contributed by atoms with Crippen LogP contribution in [0.4, 0.5) is 0 Å². The number of esters is 1. The van der Waals surface area contributed by atoms with Gasteiger partial charge in [0.25, 0.3) is 0 Å². The van der Waals surface area contributed by atoms with E-state index in [1.807, 2.05) is 0 Å². The predicted molar refractivity (Wildman–Crippen MR) is 79.5 cm³/mol. The van der Waals surface area contributed by atoms with Gasteiger partial charge in [-0.25, -0.2) is 9.78 Å². The van der Waals surface area contributed by atoms with Crippen molar-refractivity contribution in [3.05, 3.63) is 27.8 Å². The largest absolute Gasteiger partial charge is 0.461 e. The number of likely N-dealkylation sites (tertiary alicyclic amines) is 1. The Hall–Kier alpha value is -1.80. The highest BCUT2D eigenvalue weighted by Gasteiger charge is 2.30. The molecule has 118 valence electrons. The predicted octanol–water partition coefficient (Wildman–Crippen LogP) is 2.35. The summed E-state index contributed by atoms with van der Waals surface area (Å²) >= 11 is 1.50. The minimum atomic E-state index is -0.359. The number of rotatable bonds is 5. The first-order chi connectivity index (χ1) is 10.7. The fraction of sp³-hybridized carbons (Fsp3) is 0.571. The molecule has 0 bridgehead atoms. The Morgan fingerprint density at radius 1 is 1.55 bits per heavy atom. The monoisotopic (exact) mass is 322 g/mol. The van der Waals surface area contributed by atoms with Gasteiger partial charge in [-0.3, -0.25) is 4.90 Å². The molecule has 2 aromatic rings. The molecule has 0 saturated carbocycles. The molecular formula is C14H18N4O3S. The van der Waals surface area contributed by atoms with E-state index in [0.29, 0.717) is 30.6 Å². The summed E-state index contributed by atoms with van der Waals surface area (Å²) in [5, 5.41) is 6.52. The number of ether oxygens (including phenoxy) is 1. The third kappa shape index (κ3) is 3.17. The molecule has 3 rings (SSSR count). The van der Waals surface area contributed by atoms with E-state index < -0.39 is 0 Å². The van der Waals surface area contributed by atoms with E-state index in [1.165, 1.54) is 11.3 Å². The molecule has 1 saturated heterocycles. The van der Waals surface area contributed by atoms with E-state index >= 15 is 0 Å². The SMILES string of the molecule is CCOC(=O)c1csc([C@@H]2CCCN2Cc2nc(C)no2)n1. The second-order valence-electron chi connectivity index (χ2n) is 5.16. The van der Waals surface area contributed by atoms with Crippen molar-refractivity contribution in [1.82, 2.24) is 20.0 Å². The molecule has 7 nitrogen and oxygen atoms in total. The van der Waals surface area contributed by atoms with Crippen LogP contribution in [0.25, 0.3) is 0 Å². The molecule has 3 heterocycles. The Kier molecular flexibility index (Phi) is 4.49. The molecule has 22 heavy (non-hydrogen) atoms. The Morgan fingerprint density at radius 2 is 2.41 bits per heavy atom. The van der Waals surface area contributed by atoms with Gasteiger partial charge in [0.15, 0.2) is 11.5 Å². The molecular weight excluding hydrogens is 304 g/mol. The smallest absolute Gasteiger partial charge is 0.357 e. The lowest BCUT2D eigenvalue weighted by molar-refractivity contribution is 0.0520. The number of aromatic nitrogens is 3. The van der Waals surface area contributed by atoms with Crippen LogP contribution in [0, 0.1) is 6.92 Å². The minimum absolute atomic E-state index is 0.195. The van der Waals surface area contributed by atoms with Gasteiger partial charge in [-0.2, -0.15) is 4.98 Å². The van der Waals surface area contributed by atoms with Crippen LogP contribution >= 0.6 is 11.3 Å². The molecule has 0 spiro atoms. The molecule has 0 unspecified atom stereocenters. The van der Waals surface area contributed by atoms with E-state index in [2.05, 4.69) is 20.0 Å². The van der Waals surface area contributed by atoms with E-state index in [1.54, 1.807) is 19.2 Å². The first kappa shape index (κ1) is 15.1. The summed E-state index contributed by atoms with van der Waals surface area (Å²) in [4.78, 5) is 22.7. The van der Waals surface area contributed by atoms with Gasteiger partial charge in [-0.1, -0.05) is 5.16 Å². The summed E-state index contributed by atoms with van der Waals surface area (Å²) < 4.78 is 10.2. The maximum Gasteiger partial charge on any atom is 0.357 e. The van der Waals surface area contributed by atoms with Crippen LogP contribution in [0.5, 0.6) is 0 Å². The lowest BCUT2D eigenvalue weighted by atomic mass is 10.2. The fourth-order valence-corrected chi connectivity index (χ4v) is 3.57. The summed E-state index contributed by atoms with van der Waals surface area (Å²) in [6.45, 7) is 5.52. The van der Waals surface area contributed by atoms with Crippen molar-refractivity contribution in [2.45, 2.75) is 39.3 Å². The zero-order valence-corrected chi connectivity index (χ0v) is 13.4. The van der Waals surface area contributed by atoms with Gasteiger partial charge >= 0.3 is 5.97 Å². The maximum atomic E-state index is 11.7. The molecule has 0 N–H and O–H groups in total. The third-order valence-corrected chi connectivity index (χ3v) is 4.51. The summed E-state index contributed by atoms with van der Waals surface area (Å²) in [6.07, 6.45) is 2.11. The van der Waals surface area contributed by atoms with Crippen LogP contribution in [0.2, 0.25) is 0 Å². The average molecular weight is 322 g/mol. The molecule has 1 aliphatic heterocycles. The summed E-state index contributed by atoms with van der Waals surface area (Å²) in [6, 6.07) is 0.195. The van der Waals surface area contributed by atoms with Gasteiger partial charge < -0.3 is 9.26 Å². The first-order valence-corrected chi connectivity index (χ1v) is 8.21. The van der Waals surface area contributed by atoms with Crippen molar-refractivity contribution < 1.29 is 14.1 Å². The molecule has 0 amide bonds. The van der Waals surface area contributed by atoms with Crippen LogP contribution < -0.4 is 0 Å². The van der Waals surface area contributed by atoms with E-state index in [0.717, 1.165) is 24.4 Å². The fourth-order valence-electron chi connectivity index (χ4n) is 2.61. The first-order valence-electron chi connectivity index (χ1n) is 7.33. The normalized spacial score (nSPS) is 18.7. The number of nitrogens with zero attached hydrogens (tertiary/aromatic N) is 4. The van der Waals surface area contributed by atoms with Crippen molar-refractivity contribution in [2.24, 2.45) is 0 Å². The Bertz CT molecular complexity index is 654. The molecule has 2 aromatic heterocycles. The molecule has 1 atom stereocenters. The van der Waals surface area contributed by atoms with E-state index in [-0.39, 0.29) is 12.0 Å². The van der Waals surface area contributed by atoms with Crippen LogP contribution in [-0.2, 0) is 11.3 Å². The standard InChI is InChI=1S/C14H18N4O3S/c1-3-20-14(19)10-8-22-13(16-10)11-5-4-6-18(11)7-12-15-9(2)17-21-12/h8,11H,3-7H2,1-2H3/t11-/m0/s1. The number of carbonyl (C=O) groups is 1. The molecule has 0 aliphatic carbocycles. The van der Waals surface area contributed by atoms with E-state index in [9.17, 15) is 4.79 Å². The Labute approximate surface area is 132 Å². The molecule has 1 fully saturated rings. The van der Waals surface area contributed by atoms with Gasteiger partial charge in [0.1, 0.15) is 5.01 Å². The third-order valence-electron chi connectivity index (χ3n) is 3.56. The van der Waals surface area contributed by atoms with Crippen molar-refractivity contribution >= 4 is 17.3 Å². The molecule has 0 aromatic carbocycles. The zero-order valence-electron chi connectivity index (χ0n) is 12.6. The van der Waals surface area contributed by atoms with E-state index in [4.69, 9.17) is 9.26 Å². The highest BCUT2D eigenvalue weighted by molar-refractivity contribution is 7.09. The van der Waals surface area contributed by atoms with Crippen LogP contribution in [-0.4, -0.2) is 39.1 Å². The summed E-state index contributed by atoms with van der Waals surface area (Å²) in [7, 11) is 0. The second kappa shape index (κ2) is 6.53. The number of hydrogen-bond acceptors (Lipinski definition) is 8. The topological polar surface area (TPSA) is 81.4 Å². The highest BCUT2D eigenvalue weighted by Crippen LogP contribution is 2.34. The van der Waals surface area contributed by atoms with Gasteiger partial charge in [0.2, 0.25) is 5.89 Å². The number of hydrogen-bond donors (Lipinski definition) is 0. The Balaban J connectivity index is 1.71. The number of thiazole rings is 1. The lowest BCUT2D eigenvalue weighted by Gasteiger charge is -2.20. The second-order valence-corrected chi connectivity index (χ2v) is 6.04. The highest BCUT2D eigenvalue weighted by atomic mass is 32.1. The van der Waals surface area contributed by atoms with Crippen LogP contribution in [0.1, 0.15) is 53.0 Å². The molecule has 1 aliphatic rings. The van der Waals surface area contributed by atoms with Gasteiger partial charge in [-0.05, 0) is 33.2 Å². The number of carbonyl (C=O) groups excluding carboxylic acids is 1. The van der Waals surface area contributed by atoms with Crippen LogP contribution in [0.3, 0.4) is 0 Å². The van der Waals surface area contributed by atoms with Crippen molar-refractivity contribution in [3.63, 3.8) is 0 Å². The van der Waals surface area contributed by atoms with Gasteiger partial charge in [-0.15, -0.1) is 11.3 Å². The van der Waals surface area contributed by atoms with Crippen molar-refractivity contribution in [3.8, 4) is 0 Å². The summed E-state index contributed by atoms with van der Waals surface area (Å²) in [5.41, 5.74) is 0.391. The van der Waals surface area contributed by atoms with Crippen molar-refractivity contribution in [2.75, 3.05) is 13.2 Å². The zero-order chi connectivity index (χ0) is 15.5. The minimum Gasteiger partial charge on any atom is -0.461 e. The quantitative estimate of drug-likeness (QED) is 0.781. The van der Waals surface area contributed by atoms with Gasteiger partial charge in [0, 0.05) is 5.38 Å². The van der Waals surface area contributed by atoms with Crippen LogP contribution in [0.15, 0.2) is 9.90 Å². The Morgan fingerprint density at radius 3 is 3.14 bits per heavy atom. The number of aryl methyl sites for hydroxylation is 1. The molecule has 8 heteroatoms. The molecule has 0 radical (unpaired) electrons.